The quantitative estimate of drug-likeness (QED) is 0.486. The normalized spacial score (nSPS) is 27.3. The van der Waals surface area contributed by atoms with E-state index in [-0.39, 0.29) is 17.7 Å². The molecule has 3 nitrogen and oxygen atoms in total. The molecule has 0 bridgehead atoms. The Morgan fingerprint density at radius 2 is 1.77 bits per heavy atom. The van der Waals surface area contributed by atoms with Crippen molar-refractivity contribution < 1.29 is 14.3 Å². The fourth-order valence-corrected chi connectivity index (χ4v) is 5.26. The highest BCUT2D eigenvalue weighted by Crippen LogP contribution is 2.58. The predicted molar refractivity (Wildman–Crippen MR) is 119 cm³/mol. The molecule has 3 unspecified atom stereocenters. The summed E-state index contributed by atoms with van der Waals surface area (Å²) in [5, 5.41) is 0. The molecule has 0 N–H and O–H groups in total. The monoisotopic (exact) mass is 400 g/mol. The molecule has 0 heterocycles. The van der Waals surface area contributed by atoms with E-state index in [4.69, 9.17) is 4.74 Å². The molecule has 1 saturated carbocycles. The van der Waals surface area contributed by atoms with Gasteiger partial charge in [-0.25, -0.2) is 4.79 Å². The van der Waals surface area contributed by atoms with E-state index in [9.17, 15) is 9.59 Å². The third-order valence-corrected chi connectivity index (χ3v) is 6.41. The first kappa shape index (κ1) is 20.3. The van der Waals surface area contributed by atoms with E-state index >= 15 is 0 Å². The van der Waals surface area contributed by atoms with Crippen molar-refractivity contribution in [3.63, 3.8) is 0 Å². The molecule has 30 heavy (non-hydrogen) atoms. The minimum atomic E-state index is -0.855. The Labute approximate surface area is 178 Å². The number of esters is 1. The van der Waals surface area contributed by atoms with Crippen molar-refractivity contribution in [1.82, 2.24) is 0 Å². The smallest absolute Gasteiger partial charge is 0.334 e. The molecule has 4 rings (SSSR count). The van der Waals surface area contributed by atoms with Gasteiger partial charge in [0.1, 0.15) is 0 Å². The van der Waals surface area contributed by atoms with Crippen LogP contribution in [0.25, 0.3) is 6.08 Å². The van der Waals surface area contributed by atoms with Gasteiger partial charge >= 0.3 is 5.97 Å². The number of carbonyl (C=O) groups excluding carboxylic acids is 2. The molecule has 3 atom stereocenters. The lowest BCUT2D eigenvalue weighted by molar-refractivity contribution is -0.142. The van der Waals surface area contributed by atoms with Crippen molar-refractivity contribution in [2.45, 2.75) is 39.0 Å². The van der Waals surface area contributed by atoms with Gasteiger partial charge in [0.15, 0.2) is 5.78 Å². The average molecular weight is 401 g/mol. The van der Waals surface area contributed by atoms with E-state index in [1.807, 2.05) is 60.7 Å². The zero-order valence-corrected chi connectivity index (χ0v) is 17.6. The minimum Gasteiger partial charge on any atom is -0.463 e. The molecule has 154 valence electrons. The van der Waals surface area contributed by atoms with Crippen LogP contribution < -0.4 is 0 Å². The first-order valence-corrected chi connectivity index (χ1v) is 10.8. The van der Waals surface area contributed by atoms with Gasteiger partial charge in [-0.1, -0.05) is 73.7 Å². The Morgan fingerprint density at radius 3 is 2.43 bits per heavy atom. The number of rotatable bonds is 4. The zero-order valence-electron chi connectivity index (χ0n) is 17.6. The molecule has 3 heteroatoms. The Kier molecular flexibility index (Phi) is 5.72. The van der Waals surface area contributed by atoms with Crippen LogP contribution in [0.3, 0.4) is 0 Å². The molecule has 2 aromatic rings. The molecule has 1 fully saturated rings. The summed E-state index contributed by atoms with van der Waals surface area (Å²) in [6.45, 7) is 4.29. The van der Waals surface area contributed by atoms with Crippen LogP contribution in [0.2, 0.25) is 0 Å². The van der Waals surface area contributed by atoms with Crippen LogP contribution in [-0.2, 0) is 14.3 Å². The van der Waals surface area contributed by atoms with Gasteiger partial charge in [-0.15, -0.1) is 0 Å². The van der Waals surface area contributed by atoms with Crippen molar-refractivity contribution in [2.75, 3.05) is 6.61 Å². The summed E-state index contributed by atoms with van der Waals surface area (Å²) in [7, 11) is 0. The summed E-state index contributed by atoms with van der Waals surface area (Å²) >= 11 is 0. The number of ketones is 1. The molecule has 0 radical (unpaired) electrons. The Hall–Kier alpha value is -2.94. The maximum atomic E-state index is 14.1. The van der Waals surface area contributed by atoms with Gasteiger partial charge in [0.05, 0.1) is 12.0 Å². The van der Waals surface area contributed by atoms with Gasteiger partial charge in [-0.3, -0.25) is 4.79 Å². The Morgan fingerprint density at radius 1 is 1.10 bits per heavy atom. The summed E-state index contributed by atoms with van der Waals surface area (Å²) in [4.78, 5) is 27.0. The first-order valence-electron chi connectivity index (χ1n) is 10.8. The maximum absolute atomic E-state index is 14.1. The zero-order chi connectivity index (χ0) is 21.1. The molecule has 1 spiro atoms. The number of benzene rings is 2. The van der Waals surface area contributed by atoms with Crippen molar-refractivity contribution in [2.24, 2.45) is 11.3 Å². The summed E-state index contributed by atoms with van der Waals surface area (Å²) < 4.78 is 5.40. The summed E-state index contributed by atoms with van der Waals surface area (Å²) in [5.41, 5.74) is 2.62. The summed E-state index contributed by atoms with van der Waals surface area (Å²) in [5.74, 6) is -0.0279. The number of ether oxygens (including phenoxy) is 1. The topological polar surface area (TPSA) is 43.4 Å². The Bertz CT molecular complexity index is 987. The lowest BCUT2D eigenvalue weighted by Gasteiger charge is -2.43. The van der Waals surface area contributed by atoms with E-state index in [1.54, 1.807) is 6.92 Å². The van der Waals surface area contributed by atoms with Crippen molar-refractivity contribution >= 4 is 17.8 Å². The number of allylic oxidation sites excluding steroid dienone is 2. The lowest BCUT2D eigenvalue weighted by Crippen LogP contribution is -2.44. The lowest BCUT2D eigenvalue weighted by atomic mass is 9.58. The van der Waals surface area contributed by atoms with Gasteiger partial charge in [0.25, 0.3) is 0 Å². The molecular weight excluding hydrogens is 372 g/mol. The van der Waals surface area contributed by atoms with E-state index < -0.39 is 5.41 Å². The van der Waals surface area contributed by atoms with Gasteiger partial charge < -0.3 is 4.74 Å². The standard InChI is InChI=1S/C27H28O3/c1-3-30-26(29)24-15-14-23(21-12-8-5-9-13-21)27(24)18-19(2)16-22(25(27)28)17-20-10-6-4-7-11-20/h4-13,15,17,19,23H,3,14,16,18H2,1-2H3/b22-17+. The highest BCUT2D eigenvalue weighted by atomic mass is 16.5. The molecule has 0 aromatic heterocycles. The molecule has 2 aliphatic rings. The number of hydrogen-bond donors (Lipinski definition) is 0. The summed E-state index contributed by atoms with van der Waals surface area (Å²) in [6, 6.07) is 20.1. The van der Waals surface area contributed by atoms with Crippen molar-refractivity contribution in [3.05, 3.63) is 89.0 Å². The van der Waals surface area contributed by atoms with E-state index in [2.05, 4.69) is 19.1 Å². The molecule has 2 aliphatic carbocycles. The highest BCUT2D eigenvalue weighted by Gasteiger charge is 2.57. The molecule has 2 aromatic carbocycles. The van der Waals surface area contributed by atoms with Crippen LogP contribution in [0.4, 0.5) is 0 Å². The fourth-order valence-electron chi connectivity index (χ4n) is 5.26. The average Bonchev–Trinajstić information content (AvgIpc) is 3.13. The Balaban J connectivity index is 1.83. The number of Topliss-reactive ketones (excluding diaryl/α,β-unsaturated/α-hetero) is 1. The fraction of sp³-hybridized carbons (Fsp3) is 0.333. The number of hydrogen-bond acceptors (Lipinski definition) is 3. The van der Waals surface area contributed by atoms with E-state index in [0.29, 0.717) is 30.9 Å². The summed E-state index contributed by atoms with van der Waals surface area (Å²) in [6.07, 6.45) is 6.03. The SMILES string of the molecule is CCOC(=O)C1=CCC(c2ccccc2)C12CC(C)C/C(=C\c1ccccc1)C2=O. The predicted octanol–water partition coefficient (Wildman–Crippen LogP) is 5.73. The molecule has 0 saturated heterocycles. The highest BCUT2D eigenvalue weighted by molar-refractivity contribution is 6.12. The van der Waals surface area contributed by atoms with Gasteiger partial charge in [0, 0.05) is 11.5 Å². The van der Waals surface area contributed by atoms with E-state index in [0.717, 1.165) is 23.1 Å². The van der Waals surface area contributed by atoms with E-state index in [1.165, 1.54) is 0 Å². The van der Waals surface area contributed by atoms with Crippen LogP contribution in [0.15, 0.2) is 77.9 Å². The second kappa shape index (κ2) is 8.43. The third kappa shape index (κ3) is 3.54. The van der Waals surface area contributed by atoms with Crippen LogP contribution in [-0.4, -0.2) is 18.4 Å². The molecule has 0 amide bonds. The number of carbonyl (C=O) groups is 2. The van der Waals surface area contributed by atoms with Gasteiger partial charge in [-0.2, -0.15) is 0 Å². The molecule has 0 aliphatic heterocycles. The van der Waals surface area contributed by atoms with Crippen LogP contribution in [0, 0.1) is 11.3 Å². The van der Waals surface area contributed by atoms with Crippen molar-refractivity contribution in [3.8, 4) is 0 Å². The van der Waals surface area contributed by atoms with Crippen LogP contribution in [0.5, 0.6) is 0 Å². The van der Waals surface area contributed by atoms with Gasteiger partial charge in [-0.05, 0) is 54.9 Å². The third-order valence-electron chi connectivity index (χ3n) is 6.41. The molecular formula is C27H28O3. The first-order chi connectivity index (χ1) is 14.6. The largest absolute Gasteiger partial charge is 0.463 e. The van der Waals surface area contributed by atoms with Crippen LogP contribution in [0.1, 0.15) is 50.2 Å². The van der Waals surface area contributed by atoms with Crippen molar-refractivity contribution in [1.29, 1.82) is 0 Å². The second-order valence-corrected chi connectivity index (χ2v) is 8.43. The minimum absolute atomic E-state index is 0.0486. The maximum Gasteiger partial charge on any atom is 0.334 e. The van der Waals surface area contributed by atoms with Gasteiger partial charge in [0.2, 0.25) is 0 Å². The second-order valence-electron chi connectivity index (χ2n) is 8.43. The van der Waals surface area contributed by atoms with Crippen LogP contribution >= 0.6 is 0 Å².